The number of nitrogens with zero attached hydrogens (tertiary/aromatic N) is 1. The lowest BCUT2D eigenvalue weighted by Gasteiger charge is -2.06. The third-order valence-corrected chi connectivity index (χ3v) is 2.59. The van der Waals surface area contributed by atoms with E-state index in [0.29, 0.717) is 0 Å². The number of para-hydroxylation sites is 1. The molecule has 0 aliphatic carbocycles. The van der Waals surface area contributed by atoms with Crippen LogP contribution in [-0.4, -0.2) is 18.6 Å². The van der Waals surface area contributed by atoms with E-state index in [2.05, 4.69) is 17.6 Å². The summed E-state index contributed by atoms with van der Waals surface area (Å²) in [6.07, 6.45) is 3.23. The van der Waals surface area contributed by atoms with E-state index in [-0.39, 0.29) is 0 Å². The number of anilines is 1. The number of hydrogen-bond donors (Lipinski definition) is 1. The first kappa shape index (κ1) is 10.9. The molecule has 0 aromatic heterocycles. The second kappa shape index (κ2) is 6.33. The fraction of sp³-hybridized carbons (Fsp3) is 0.364. The zero-order valence-corrected chi connectivity index (χ0v) is 9.10. The summed E-state index contributed by atoms with van der Waals surface area (Å²) in [6.45, 7) is 0.930. The standard InChI is InChI=1S/C11H14N2S/c1-14-8-4-7-13-11-6-3-2-5-10(11)9-12/h2-3,5-6,13H,4,7-8H2,1H3. The van der Waals surface area contributed by atoms with Crippen LogP contribution in [0.1, 0.15) is 12.0 Å². The van der Waals surface area contributed by atoms with Crippen molar-refractivity contribution in [2.75, 3.05) is 23.9 Å². The SMILES string of the molecule is CSCCCNc1ccccc1C#N. The molecule has 0 saturated carbocycles. The molecule has 0 bridgehead atoms. The summed E-state index contributed by atoms with van der Waals surface area (Å²) in [4.78, 5) is 0. The summed E-state index contributed by atoms with van der Waals surface area (Å²) in [6, 6.07) is 9.76. The second-order valence-corrected chi connectivity index (χ2v) is 3.92. The fourth-order valence-electron chi connectivity index (χ4n) is 1.17. The molecule has 0 atom stereocenters. The van der Waals surface area contributed by atoms with Gasteiger partial charge in [0.05, 0.1) is 11.3 Å². The Balaban J connectivity index is 2.46. The van der Waals surface area contributed by atoms with Crippen LogP contribution in [-0.2, 0) is 0 Å². The Hall–Kier alpha value is -1.14. The van der Waals surface area contributed by atoms with Crippen LogP contribution in [0.2, 0.25) is 0 Å². The van der Waals surface area contributed by atoms with Crippen molar-refractivity contribution in [2.24, 2.45) is 0 Å². The van der Waals surface area contributed by atoms with Crippen LogP contribution in [0.5, 0.6) is 0 Å². The molecule has 0 heterocycles. The van der Waals surface area contributed by atoms with Crippen molar-refractivity contribution in [1.82, 2.24) is 0 Å². The summed E-state index contributed by atoms with van der Waals surface area (Å²) in [5.41, 5.74) is 1.66. The van der Waals surface area contributed by atoms with Gasteiger partial charge in [-0.2, -0.15) is 17.0 Å². The molecule has 0 radical (unpaired) electrons. The average molecular weight is 206 g/mol. The molecule has 0 aliphatic rings. The van der Waals surface area contributed by atoms with E-state index in [9.17, 15) is 0 Å². The Morgan fingerprint density at radius 2 is 2.21 bits per heavy atom. The van der Waals surface area contributed by atoms with Crippen LogP contribution in [0.4, 0.5) is 5.69 Å². The molecule has 14 heavy (non-hydrogen) atoms. The summed E-state index contributed by atoms with van der Waals surface area (Å²) < 4.78 is 0. The first-order valence-electron chi connectivity index (χ1n) is 4.60. The van der Waals surface area contributed by atoms with Gasteiger partial charge >= 0.3 is 0 Å². The van der Waals surface area contributed by atoms with Crippen LogP contribution in [0.3, 0.4) is 0 Å². The quantitative estimate of drug-likeness (QED) is 0.752. The van der Waals surface area contributed by atoms with Gasteiger partial charge in [0.1, 0.15) is 6.07 Å². The van der Waals surface area contributed by atoms with E-state index in [1.807, 2.05) is 36.0 Å². The monoisotopic (exact) mass is 206 g/mol. The second-order valence-electron chi connectivity index (χ2n) is 2.93. The van der Waals surface area contributed by atoms with E-state index in [1.165, 1.54) is 0 Å². The molecule has 0 unspecified atom stereocenters. The van der Waals surface area contributed by atoms with Crippen molar-refractivity contribution in [3.63, 3.8) is 0 Å². The lowest BCUT2D eigenvalue weighted by Crippen LogP contribution is -2.03. The minimum atomic E-state index is 0.719. The average Bonchev–Trinajstić information content (AvgIpc) is 2.25. The van der Waals surface area contributed by atoms with Gasteiger partial charge in [0.15, 0.2) is 0 Å². The van der Waals surface area contributed by atoms with E-state index in [4.69, 9.17) is 5.26 Å². The van der Waals surface area contributed by atoms with Crippen molar-refractivity contribution in [3.8, 4) is 6.07 Å². The molecule has 74 valence electrons. The Bertz CT molecular complexity index is 317. The molecule has 1 N–H and O–H groups in total. The predicted octanol–water partition coefficient (Wildman–Crippen LogP) is 2.72. The van der Waals surface area contributed by atoms with Crippen molar-refractivity contribution in [1.29, 1.82) is 5.26 Å². The Morgan fingerprint density at radius 3 is 2.93 bits per heavy atom. The summed E-state index contributed by atoms with van der Waals surface area (Å²) >= 11 is 1.84. The number of nitriles is 1. The highest BCUT2D eigenvalue weighted by molar-refractivity contribution is 7.98. The van der Waals surface area contributed by atoms with E-state index >= 15 is 0 Å². The molecule has 0 fully saturated rings. The molecule has 1 aromatic rings. The van der Waals surface area contributed by atoms with Gasteiger partial charge in [0.2, 0.25) is 0 Å². The number of nitrogens with one attached hydrogen (secondary N) is 1. The normalized spacial score (nSPS) is 9.43. The minimum absolute atomic E-state index is 0.719. The van der Waals surface area contributed by atoms with Crippen LogP contribution in [0.25, 0.3) is 0 Å². The zero-order valence-electron chi connectivity index (χ0n) is 8.29. The van der Waals surface area contributed by atoms with Gasteiger partial charge in [-0.05, 0) is 30.6 Å². The van der Waals surface area contributed by atoms with E-state index in [0.717, 1.165) is 30.0 Å². The zero-order chi connectivity index (χ0) is 10.2. The van der Waals surface area contributed by atoms with Crippen molar-refractivity contribution in [3.05, 3.63) is 29.8 Å². The van der Waals surface area contributed by atoms with Gasteiger partial charge in [0, 0.05) is 6.54 Å². The molecule has 1 aromatic carbocycles. The third-order valence-electron chi connectivity index (χ3n) is 1.89. The third kappa shape index (κ3) is 3.31. The van der Waals surface area contributed by atoms with Crippen molar-refractivity contribution >= 4 is 17.4 Å². The highest BCUT2D eigenvalue weighted by Crippen LogP contribution is 2.13. The number of hydrogen-bond acceptors (Lipinski definition) is 3. The molecule has 3 heteroatoms. The maximum Gasteiger partial charge on any atom is 0.101 e. The van der Waals surface area contributed by atoms with Gasteiger partial charge in [-0.1, -0.05) is 12.1 Å². The Kier molecular flexibility index (Phi) is 4.95. The Morgan fingerprint density at radius 1 is 1.43 bits per heavy atom. The van der Waals surface area contributed by atoms with Crippen LogP contribution in [0.15, 0.2) is 24.3 Å². The first-order valence-corrected chi connectivity index (χ1v) is 6.00. The molecular weight excluding hydrogens is 192 g/mol. The van der Waals surface area contributed by atoms with Crippen LogP contribution >= 0.6 is 11.8 Å². The maximum atomic E-state index is 8.83. The van der Waals surface area contributed by atoms with E-state index in [1.54, 1.807) is 0 Å². The summed E-state index contributed by atoms with van der Waals surface area (Å²) in [7, 11) is 0. The highest BCUT2D eigenvalue weighted by atomic mass is 32.2. The molecular formula is C11H14N2S. The van der Waals surface area contributed by atoms with Crippen LogP contribution < -0.4 is 5.32 Å². The minimum Gasteiger partial charge on any atom is -0.384 e. The molecule has 2 nitrogen and oxygen atoms in total. The molecule has 0 aliphatic heterocycles. The van der Waals surface area contributed by atoms with Gasteiger partial charge in [-0.15, -0.1) is 0 Å². The van der Waals surface area contributed by atoms with Gasteiger partial charge in [0.25, 0.3) is 0 Å². The predicted molar refractivity (Wildman–Crippen MR) is 62.6 cm³/mol. The number of thioether (sulfide) groups is 1. The Labute approximate surface area is 89.3 Å². The molecule has 0 saturated heterocycles. The van der Waals surface area contributed by atoms with Crippen LogP contribution in [0, 0.1) is 11.3 Å². The smallest absolute Gasteiger partial charge is 0.101 e. The maximum absolute atomic E-state index is 8.83. The molecule has 1 rings (SSSR count). The summed E-state index contributed by atoms with van der Waals surface area (Å²) in [5.74, 6) is 1.15. The lowest BCUT2D eigenvalue weighted by atomic mass is 10.2. The van der Waals surface area contributed by atoms with Gasteiger partial charge in [-0.25, -0.2) is 0 Å². The van der Waals surface area contributed by atoms with Gasteiger partial charge < -0.3 is 5.32 Å². The van der Waals surface area contributed by atoms with Crippen molar-refractivity contribution < 1.29 is 0 Å². The lowest BCUT2D eigenvalue weighted by molar-refractivity contribution is 0.992. The topological polar surface area (TPSA) is 35.8 Å². The summed E-state index contributed by atoms with van der Waals surface area (Å²) in [5, 5.41) is 12.1. The van der Waals surface area contributed by atoms with Gasteiger partial charge in [-0.3, -0.25) is 0 Å². The molecule has 0 spiro atoms. The number of rotatable bonds is 5. The fourth-order valence-corrected chi connectivity index (χ4v) is 1.61. The number of benzene rings is 1. The highest BCUT2D eigenvalue weighted by Gasteiger charge is 1.97. The molecule has 0 amide bonds. The van der Waals surface area contributed by atoms with Crippen molar-refractivity contribution in [2.45, 2.75) is 6.42 Å². The van der Waals surface area contributed by atoms with E-state index < -0.39 is 0 Å². The largest absolute Gasteiger partial charge is 0.384 e. The first-order chi connectivity index (χ1) is 6.88.